The monoisotopic (exact) mass is 417 g/mol. The van der Waals surface area contributed by atoms with Crippen LogP contribution in [0.15, 0.2) is 37.9 Å². The largest absolute Gasteiger partial charge is 0.388 e. The number of nitrogens with zero attached hydrogens (tertiary/aromatic N) is 1. The van der Waals surface area contributed by atoms with Crippen LogP contribution >= 0.6 is 54.5 Å². The van der Waals surface area contributed by atoms with E-state index in [1.165, 1.54) is 0 Å². The Kier molecular flexibility index (Phi) is 4.05. The van der Waals surface area contributed by atoms with Crippen molar-refractivity contribution in [3.8, 4) is 0 Å². The highest BCUT2D eigenvalue weighted by Gasteiger charge is 2.17. The molecular formula is C13H9Br2NOS2. The van der Waals surface area contributed by atoms with Gasteiger partial charge in [0.1, 0.15) is 0 Å². The SMILES string of the molecule is OC(Cc1nc2ccccc2s1)c1cc(Br)sc1Br. The molecule has 0 radical (unpaired) electrons. The van der Waals surface area contributed by atoms with Crippen molar-refractivity contribution >= 4 is 64.8 Å². The summed E-state index contributed by atoms with van der Waals surface area (Å²) in [4.78, 5) is 4.55. The molecule has 1 N–H and O–H groups in total. The summed E-state index contributed by atoms with van der Waals surface area (Å²) in [5, 5.41) is 11.3. The fraction of sp³-hybridized carbons (Fsp3) is 0.154. The highest BCUT2D eigenvalue weighted by molar-refractivity contribution is 9.12. The number of aliphatic hydroxyl groups excluding tert-OH is 1. The van der Waals surface area contributed by atoms with Crippen molar-refractivity contribution in [2.24, 2.45) is 0 Å². The van der Waals surface area contributed by atoms with Crippen LogP contribution in [0.1, 0.15) is 16.7 Å². The van der Waals surface area contributed by atoms with Crippen molar-refractivity contribution in [2.45, 2.75) is 12.5 Å². The lowest BCUT2D eigenvalue weighted by Gasteiger charge is -2.07. The summed E-state index contributed by atoms with van der Waals surface area (Å²) in [6, 6.07) is 9.99. The number of aliphatic hydroxyl groups is 1. The van der Waals surface area contributed by atoms with Crippen molar-refractivity contribution in [1.82, 2.24) is 4.98 Å². The first-order valence-corrected chi connectivity index (χ1v) is 8.82. The van der Waals surface area contributed by atoms with Gasteiger partial charge in [0.2, 0.25) is 0 Å². The van der Waals surface area contributed by atoms with Gasteiger partial charge in [-0.15, -0.1) is 22.7 Å². The minimum atomic E-state index is -0.530. The number of thiophene rings is 1. The summed E-state index contributed by atoms with van der Waals surface area (Å²) in [5.41, 5.74) is 1.91. The molecule has 0 bridgehead atoms. The van der Waals surface area contributed by atoms with Gasteiger partial charge in [0.15, 0.2) is 0 Å². The van der Waals surface area contributed by atoms with E-state index in [9.17, 15) is 5.11 Å². The lowest BCUT2D eigenvalue weighted by molar-refractivity contribution is 0.178. The third-order valence-electron chi connectivity index (χ3n) is 2.75. The Hall–Kier alpha value is -0.270. The van der Waals surface area contributed by atoms with Gasteiger partial charge in [0.05, 0.1) is 28.9 Å². The van der Waals surface area contributed by atoms with Gasteiger partial charge >= 0.3 is 0 Å². The van der Waals surface area contributed by atoms with E-state index in [1.807, 2.05) is 24.3 Å². The van der Waals surface area contributed by atoms with Gasteiger partial charge in [0.25, 0.3) is 0 Å². The van der Waals surface area contributed by atoms with E-state index in [-0.39, 0.29) is 0 Å². The van der Waals surface area contributed by atoms with Crippen molar-refractivity contribution in [3.05, 3.63) is 48.5 Å². The predicted molar refractivity (Wildman–Crippen MR) is 88.0 cm³/mol. The third-order valence-corrected chi connectivity index (χ3v) is 6.19. The molecule has 2 heterocycles. The third kappa shape index (κ3) is 2.92. The summed E-state index contributed by atoms with van der Waals surface area (Å²) < 4.78 is 3.14. The molecule has 0 spiro atoms. The maximum Gasteiger partial charge on any atom is 0.0967 e. The second-order valence-electron chi connectivity index (χ2n) is 4.07. The van der Waals surface area contributed by atoms with E-state index in [0.717, 1.165) is 28.4 Å². The van der Waals surface area contributed by atoms with Gasteiger partial charge in [-0.05, 0) is 50.1 Å². The topological polar surface area (TPSA) is 33.1 Å². The Balaban J connectivity index is 1.86. The van der Waals surface area contributed by atoms with Crippen LogP contribution in [0.25, 0.3) is 10.2 Å². The minimum absolute atomic E-state index is 0.530. The van der Waals surface area contributed by atoms with E-state index in [0.29, 0.717) is 6.42 Å². The van der Waals surface area contributed by atoms with E-state index < -0.39 is 6.10 Å². The van der Waals surface area contributed by atoms with Crippen molar-refractivity contribution in [1.29, 1.82) is 0 Å². The first kappa shape index (κ1) is 13.7. The number of para-hydroxylation sites is 1. The molecule has 3 aromatic rings. The zero-order chi connectivity index (χ0) is 13.4. The zero-order valence-corrected chi connectivity index (χ0v) is 14.4. The van der Waals surface area contributed by atoms with Gasteiger partial charge in [-0.1, -0.05) is 12.1 Å². The minimum Gasteiger partial charge on any atom is -0.388 e. The van der Waals surface area contributed by atoms with Crippen LogP contribution < -0.4 is 0 Å². The van der Waals surface area contributed by atoms with Crippen LogP contribution in [0.5, 0.6) is 0 Å². The normalized spacial score (nSPS) is 13.0. The summed E-state index contributed by atoms with van der Waals surface area (Å²) in [6.45, 7) is 0. The Morgan fingerprint density at radius 3 is 2.68 bits per heavy atom. The standard InChI is InChI=1S/C13H9Br2NOS2/c14-11-5-7(13(15)19-11)9(17)6-12-16-8-3-1-2-4-10(8)18-12/h1-5,9,17H,6H2. The van der Waals surface area contributed by atoms with Crippen LogP contribution in [0.3, 0.4) is 0 Å². The van der Waals surface area contributed by atoms with Gasteiger partial charge in [-0.25, -0.2) is 4.98 Å². The van der Waals surface area contributed by atoms with Crippen LogP contribution in [0, 0.1) is 0 Å². The fourth-order valence-electron chi connectivity index (χ4n) is 1.86. The smallest absolute Gasteiger partial charge is 0.0967 e. The van der Waals surface area contributed by atoms with Crippen LogP contribution in [-0.4, -0.2) is 10.1 Å². The molecule has 0 amide bonds. The maximum absolute atomic E-state index is 10.3. The first-order valence-electron chi connectivity index (χ1n) is 5.61. The number of fused-ring (bicyclic) bond motifs is 1. The molecule has 98 valence electrons. The van der Waals surface area contributed by atoms with Crippen LogP contribution in [-0.2, 0) is 6.42 Å². The summed E-state index contributed by atoms with van der Waals surface area (Å²) >= 11 is 10.1. The average molecular weight is 419 g/mol. The molecule has 2 aromatic heterocycles. The van der Waals surface area contributed by atoms with E-state index in [4.69, 9.17) is 0 Å². The number of halogens is 2. The van der Waals surface area contributed by atoms with E-state index in [2.05, 4.69) is 42.9 Å². The van der Waals surface area contributed by atoms with E-state index >= 15 is 0 Å². The molecule has 2 nitrogen and oxygen atoms in total. The highest BCUT2D eigenvalue weighted by Crippen LogP contribution is 2.37. The molecular weight excluding hydrogens is 410 g/mol. The fourth-order valence-corrected chi connectivity index (χ4v) is 5.82. The van der Waals surface area contributed by atoms with Gasteiger partial charge < -0.3 is 5.11 Å². The molecule has 0 aliphatic carbocycles. The number of aromatic nitrogens is 1. The number of hydrogen-bond acceptors (Lipinski definition) is 4. The van der Waals surface area contributed by atoms with Crippen LogP contribution in [0.4, 0.5) is 0 Å². The summed E-state index contributed by atoms with van der Waals surface area (Å²) in [5.74, 6) is 0. The lowest BCUT2D eigenvalue weighted by Crippen LogP contribution is -2.00. The molecule has 1 unspecified atom stereocenters. The first-order chi connectivity index (χ1) is 9.13. The average Bonchev–Trinajstić information content (AvgIpc) is 2.91. The highest BCUT2D eigenvalue weighted by atomic mass is 79.9. The number of benzene rings is 1. The van der Waals surface area contributed by atoms with E-state index in [1.54, 1.807) is 22.7 Å². The van der Waals surface area contributed by atoms with Gasteiger partial charge in [-0.3, -0.25) is 0 Å². The molecule has 0 aliphatic heterocycles. The van der Waals surface area contributed by atoms with Gasteiger partial charge in [0, 0.05) is 12.0 Å². The molecule has 0 saturated carbocycles. The Morgan fingerprint density at radius 2 is 2.00 bits per heavy atom. The number of hydrogen-bond donors (Lipinski definition) is 1. The second kappa shape index (κ2) is 5.61. The molecule has 6 heteroatoms. The number of thiazole rings is 1. The Labute approximate surface area is 135 Å². The lowest BCUT2D eigenvalue weighted by atomic mass is 10.1. The summed E-state index contributed by atoms with van der Waals surface area (Å²) in [6.07, 6.45) is 0.0127. The maximum atomic E-state index is 10.3. The molecule has 1 aromatic carbocycles. The molecule has 3 rings (SSSR count). The molecule has 19 heavy (non-hydrogen) atoms. The van der Waals surface area contributed by atoms with Crippen molar-refractivity contribution in [2.75, 3.05) is 0 Å². The van der Waals surface area contributed by atoms with Crippen molar-refractivity contribution in [3.63, 3.8) is 0 Å². The van der Waals surface area contributed by atoms with Crippen LogP contribution in [0.2, 0.25) is 0 Å². The molecule has 0 aliphatic rings. The quantitative estimate of drug-likeness (QED) is 0.637. The zero-order valence-electron chi connectivity index (χ0n) is 9.64. The predicted octanol–water partition coefficient (Wildman–Crippen LogP) is 5.16. The molecule has 1 atom stereocenters. The van der Waals surface area contributed by atoms with Gasteiger partial charge in [-0.2, -0.15) is 0 Å². The van der Waals surface area contributed by atoms with Crippen molar-refractivity contribution < 1.29 is 5.11 Å². The summed E-state index contributed by atoms with van der Waals surface area (Å²) in [7, 11) is 0. The molecule has 0 fully saturated rings. The second-order valence-corrected chi connectivity index (χ2v) is 8.94. The number of rotatable bonds is 3. The Morgan fingerprint density at radius 1 is 1.21 bits per heavy atom. The Bertz CT molecular complexity index is 689. The molecule has 0 saturated heterocycles.